The van der Waals surface area contributed by atoms with E-state index in [9.17, 15) is 18.5 Å². The summed E-state index contributed by atoms with van der Waals surface area (Å²) in [5.41, 5.74) is 0.865. The SMILES string of the molecule is CC(C)c1cc([N+](=O)[O-])ccc1NS(=O)(=O)c1ccccc1. The monoisotopic (exact) mass is 320 g/mol. The second-order valence-corrected chi connectivity index (χ2v) is 6.78. The van der Waals surface area contributed by atoms with Crippen molar-refractivity contribution < 1.29 is 13.3 Å². The Bertz CT molecular complexity index is 786. The molecule has 0 unspecified atom stereocenters. The molecule has 0 saturated heterocycles. The van der Waals surface area contributed by atoms with E-state index in [1.807, 2.05) is 13.8 Å². The first-order valence-electron chi connectivity index (χ1n) is 6.67. The van der Waals surface area contributed by atoms with E-state index in [2.05, 4.69) is 4.72 Å². The van der Waals surface area contributed by atoms with Crippen LogP contribution in [-0.2, 0) is 10.0 Å². The Labute approximate surface area is 129 Å². The maximum Gasteiger partial charge on any atom is 0.269 e. The van der Waals surface area contributed by atoms with Gasteiger partial charge in [-0.15, -0.1) is 0 Å². The third-order valence-corrected chi connectivity index (χ3v) is 4.55. The van der Waals surface area contributed by atoms with Crippen molar-refractivity contribution in [1.29, 1.82) is 0 Å². The summed E-state index contributed by atoms with van der Waals surface area (Å²) in [5.74, 6) is -0.0617. The van der Waals surface area contributed by atoms with Gasteiger partial charge in [0.15, 0.2) is 0 Å². The smallest absolute Gasteiger partial charge is 0.269 e. The molecule has 116 valence electrons. The predicted molar refractivity (Wildman–Crippen MR) is 84.4 cm³/mol. The summed E-state index contributed by atoms with van der Waals surface area (Å²) in [5, 5.41) is 10.9. The molecule has 2 rings (SSSR count). The van der Waals surface area contributed by atoms with Crippen molar-refractivity contribution in [2.45, 2.75) is 24.7 Å². The van der Waals surface area contributed by atoms with Gasteiger partial charge in [0, 0.05) is 12.1 Å². The lowest BCUT2D eigenvalue weighted by Gasteiger charge is -2.14. The largest absolute Gasteiger partial charge is 0.279 e. The van der Waals surface area contributed by atoms with Crippen molar-refractivity contribution in [3.63, 3.8) is 0 Å². The zero-order valence-electron chi connectivity index (χ0n) is 12.2. The maximum absolute atomic E-state index is 12.4. The second-order valence-electron chi connectivity index (χ2n) is 5.10. The van der Waals surface area contributed by atoms with Gasteiger partial charge < -0.3 is 0 Å². The summed E-state index contributed by atoms with van der Waals surface area (Å²) in [6, 6.07) is 12.1. The summed E-state index contributed by atoms with van der Waals surface area (Å²) < 4.78 is 27.2. The molecule has 0 radical (unpaired) electrons. The van der Waals surface area contributed by atoms with Gasteiger partial charge in [-0.3, -0.25) is 14.8 Å². The molecule has 0 bridgehead atoms. The van der Waals surface area contributed by atoms with E-state index in [1.165, 1.54) is 30.3 Å². The minimum atomic E-state index is -3.72. The molecule has 0 spiro atoms. The van der Waals surface area contributed by atoms with Crippen LogP contribution in [0.1, 0.15) is 25.3 Å². The lowest BCUT2D eigenvalue weighted by atomic mass is 10.0. The van der Waals surface area contributed by atoms with Gasteiger partial charge in [-0.05, 0) is 29.7 Å². The number of non-ortho nitro benzene ring substituents is 1. The molecule has 1 N–H and O–H groups in total. The van der Waals surface area contributed by atoms with E-state index in [0.717, 1.165) is 0 Å². The highest BCUT2D eigenvalue weighted by Crippen LogP contribution is 2.30. The van der Waals surface area contributed by atoms with E-state index in [0.29, 0.717) is 11.3 Å². The number of sulfonamides is 1. The quantitative estimate of drug-likeness (QED) is 0.674. The summed E-state index contributed by atoms with van der Waals surface area (Å²) in [4.78, 5) is 10.5. The molecule has 0 aliphatic carbocycles. The number of hydrogen-bond donors (Lipinski definition) is 1. The van der Waals surface area contributed by atoms with Crippen LogP contribution in [-0.4, -0.2) is 13.3 Å². The summed E-state index contributed by atoms with van der Waals surface area (Å²) >= 11 is 0. The van der Waals surface area contributed by atoms with Gasteiger partial charge in [-0.2, -0.15) is 0 Å². The van der Waals surface area contributed by atoms with E-state index in [-0.39, 0.29) is 16.5 Å². The number of benzene rings is 2. The van der Waals surface area contributed by atoms with Gasteiger partial charge in [0.25, 0.3) is 15.7 Å². The molecule has 7 heteroatoms. The van der Waals surface area contributed by atoms with E-state index in [1.54, 1.807) is 18.2 Å². The number of rotatable bonds is 5. The highest BCUT2D eigenvalue weighted by molar-refractivity contribution is 7.92. The summed E-state index contributed by atoms with van der Waals surface area (Å²) in [7, 11) is -3.72. The molecule has 0 aromatic heterocycles. The van der Waals surface area contributed by atoms with Crippen LogP contribution < -0.4 is 4.72 Å². The molecule has 0 amide bonds. The lowest BCUT2D eigenvalue weighted by Crippen LogP contribution is -2.14. The molecule has 0 aliphatic rings. The van der Waals surface area contributed by atoms with Crippen LogP contribution in [0, 0.1) is 10.1 Å². The number of nitrogens with one attached hydrogen (secondary N) is 1. The van der Waals surface area contributed by atoms with Gasteiger partial charge in [0.2, 0.25) is 0 Å². The van der Waals surface area contributed by atoms with Gasteiger partial charge in [0.05, 0.1) is 15.5 Å². The molecule has 2 aromatic rings. The van der Waals surface area contributed by atoms with Crippen LogP contribution in [0.25, 0.3) is 0 Å². The van der Waals surface area contributed by atoms with E-state index < -0.39 is 14.9 Å². The lowest BCUT2D eigenvalue weighted by molar-refractivity contribution is -0.384. The maximum atomic E-state index is 12.4. The Morgan fingerprint density at radius 1 is 1.09 bits per heavy atom. The Kier molecular flexibility index (Phi) is 4.46. The first-order chi connectivity index (χ1) is 10.3. The number of nitro benzene ring substituents is 1. The molecular formula is C15H16N2O4S. The van der Waals surface area contributed by atoms with Crippen molar-refractivity contribution in [3.05, 3.63) is 64.2 Å². The molecule has 2 aromatic carbocycles. The number of nitrogens with zero attached hydrogens (tertiary/aromatic N) is 1. The van der Waals surface area contributed by atoms with Crippen LogP contribution in [0.3, 0.4) is 0 Å². The van der Waals surface area contributed by atoms with Gasteiger partial charge in [-0.25, -0.2) is 8.42 Å². The van der Waals surface area contributed by atoms with Crippen molar-refractivity contribution in [3.8, 4) is 0 Å². The highest BCUT2D eigenvalue weighted by Gasteiger charge is 2.19. The molecular weight excluding hydrogens is 304 g/mol. The topological polar surface area (TPSA) is 89.3 Å². The Hall–Kier alpha value is -2.41. The first kappa shape index (κ1) is 16.0. The highest BCUT2D eigenvalue weighted by atomic mass is 32.2. The van der Waals surface area contributed by atoms with Crippen molar-refractivity contribution in [1.82, 2.24) is 0 Å². The molecule has 0 fully saturated rings. The fraction of sp³-hybridized carbons (Fsp3) is 0.200. The molecule has 0 aliphatic heterocycles. The van der Waals surface area contributed by atoms with Crippen LogP contribution in [0.4, 0.5) is 11.4 Å². The third-order valence-electron chi connectivity index (χ3n) is 3.17. The molecule has 6 nitrogen and oxygen atoms in total. The van der Waals surface area contributed by atoms with Crippen molar-refractivity contribution >= 4 is 21.4 Å². The predicted octanol–water partition coefficient (Wildman–Crippen LogP) is 3.52. The van der Waals surface area contributed by atoms with Crippen LogP contribution in [0.5, 0.6) is 0 Å². The van der Waals surface area contributed by atoms with Crippen LogP contribution in [0.15, 0.2) is 53.4 Å². The van der Waals surface area contributed by atoms with Crippen molar-refractivity contribution in [2.75, 3.05) is 4.72 Å². The van der Waals surface area contributed by atoms with Crippen LogP contribution in [0.2, 0.25) is 0 Å². The Balaban J connectivity index is 2.43. The average Bonchev–Trinajstić information content (AvgIpc) is 2.47. The zero-order chi connectivity index (χ0) is 16.3. The van der Waals surface area contributed by atoms with Crippen molar-refractivity contribution in [2.24, 2.45) is 0 Å². The summed E-state index contributed by atoms with van der Waals surface area (Å²) in [6.45, 7) is 3.69. The van der Waals surface area contributed by atoms with E-state index in [4.69, 9.17) is 0 Å². The molecule has 22 heavy (non-hydrogen) atoms. The van der Waals surface area contributed by atoms with Gasteiger partial charge in [-0.1, -0.05) is 32.0 Å². The molecule has 0 saturated carbocycles. The zero-order valence-corrected chi connectivity index (χ0v) is 13.0. The fourth-order valence-electron chi connectivity index (χ4n) is 2.04. The van der Waals surface area contributed by atoms with E-state index >= 15 is 0 Å². The number of hydrogen-bond acceptors (Lipinski definition) is 4. The van der Waals surface area contributed by atoms with Gasteiger partial charge in [0.1, 0.15) is 0 Å². The average molecular weight is 320 g/mol. The second kappa shape index (κ2) is 6.15. The molecule has 0 heterocycles. The molecule has 0 atom stereocenters. The minimum Gasteiger partial charge on any atom is -0.279 e. The normalized spacial score (nSPS) is 11.4. The summed E-state index contributed by atoms with van der Waals surface area (Å²) in [6.07, 6.45) is 0. The number of nitro groups is 1. The number of anilines is 1. The first-order valence-corrected chi connectivity index (χ1v) is 8.16. The standard InChI is InChI=1S/C15H16N2O4S/c1-11(2)14-10-12(17(18)19)8-9-15(14)16-22(20,21)13-6-4-3-5-7-13/h3-11,16H,1-2H3. The Morgan fingerprint density at radius 2 is 1.73 bits per heavy atom. The third kappa shape index (κ3) is 3.43. The van der Waals surface area contributed by atoms with Gasteiger partial charge >= 0.3 is 0 Å². The minimum absolute atomic E-state index is 0.0617. The van der Waals surface area contributed by atoms with Crippen LogP contribution >= 0.6 is 0 Å². The Morgan fingerprint density at radius 3 is 2.27 bits per heavy atom. The fourth-order valence-corrected chi connectivity index (χ4v) is 3.15.